The van der Waals surface area contributed by atoms with Crippen LogP contribution in [0.3, 0.4) is 0 Å². The quantitative estimate of drug-likeness (QED) is 0.602. The summed E-state index contributed by atoms with van der Waals surface area (Å²) in [5.41, 5.74) is 6.59. The van der Waals surface area contributed by atoms with Crippen molar-refractivity contribution in [3.05, 3.63) is 58.8 Å². The first-order chi connectivity index (χ1) is 17.0. The molecule has 2 aromatic carbocycles. The predicted octanol–water partition coefficient (Wildman–Crippen LogP) is 3.73. The molecule has 184 valence electrons. The summed E-state index contributed by atoms with van der Waals surface area (Å²) < 4.78 is 10.9. The second-order valence-corrected chi connectivity index (χ2v) is 9.41. The molecule has 3 aromatic rings. The summed E-state index contributed by atoms with van der Waals surface area (Å²) in [7, 11) is 0. The lowest BCUT2D eigenvalue weighted by Crippen LogP contribution is -2.40. The van der Waals surface area contributed by atoms with Gasteiger partial charge in [-0.2, -0.15) is 0 Å². The normalized spacial score (nSPS) is 17.5. The van der Waals surface area contributed by atoms with Gasteiger partial charge in [0.1, 0.15) is 5.82 Å². The Morgan fingerprint density at radius 3 is 2.29 bits per heavy atom. The van der Waals surface area contributed by atoms with Gasteiger partial charge in [0.15, 0.2) is 0 Å². The number of ether oxygens (including phenoxy) is 2. The number of morpholine rings is 2. The van der Waals surface area contributed by atoms with Crippen LogP contribution in [-0.2, 0) is 9.47 Å². The Hall–Kier alpha value is -3.23. The summed E-state index contributed by atoms with van der Waals surface area (Å²) in [4.78, 5) is 27.2. The fourth-order valence-corrected chi connectivity index (χ4v) is 4.87. The molecule has 1 unspecified atom stereocenters. The largest absolute Gasteiger partial charge is 0.378 e. The van der Waals surface area contributed by atoms with Gasteiger partial charge in [-0.05, 0) is 56.2 Å². The maximum Gasteiger partial charge on any atom is 0.254 e. The van der Waals surface area contributed by atoms with Crippen molar-refractivity contribution in [2.24, 2.45) is 0 Å². The number of hydrogen-bond acceptors (Lipinski definition) is 7. The Kier molecular flexibility index (Phi) is 6.83. The SMILES string of the molecule is Cc1cc(C)cc(NC(C)c2cc(C(=O)N3CCOCC3)cc3ncc(N4CCOCC4)nc23)c1. The average molecular weight is 476 g/mol. The Bertz CT molecular complexity index is 1200. The van der Waals surface area contributed by atoms with E-state index >= 15 is 0 Å². The molecule has 35 heavy (non-hydrogen) atoms. The van der Waals surface area contributed by atoms with E-state index in [0.717, 1.165) is 41.2 Å². The van der Waals surface area contributed by atoms with Crippen LogP contribution < -0.4 is 10.2 Å². The van der Waals surface area contributed by atoms with Crippen molar-refractivity contribution in [1.29, 1.82) is 0 Å². The summed E-state index contributed by atoms with van der Waals surface area (Å²) in [6.07, 6.45) is 1.81. The molecule has 8 heteroatoms. The van der Waals surface area contributed by atoms with Crippen LogP contribution in [0.15, 0.2) is 36.5 Å². The third kappa shape index (κ3) is 5.23. The molecule has 1 N–H and O–H groups in total. The fourth-order valence-electron chi connectivity index (χ4n) is 4.87. The summed E-state index contributed by atoms with van der Waals surface area (Å²) in [5.74, 6) is 0.849. The van der Waals surface area contributed by atoms with Gasteiger partial charge >= 0.3 is 0 Å². The molecule has 1 aromatic heterocycles. The van der Waals surface area contributed by atoms with Crippen molar-refractivity contribution in [1.82, 2.24) is 14.9 Å². The lowest BCUT2D eigenvalue weighted by molar-refractivity contribution is 0.0303. The molecule has 2 saturated heterocycles. The van der Waals surface area contributed by atoms with Crippen LogP contribution in [-0.4, -0.2) is 73.4 Å². The zero-order valence-electron chi connectivity index (χ0n) is 20.7. The Morgan fingerprint density at radius 2 is 1.60 bits per heavy atom. The van der Waals surface area contributed by atoms with Gasteiger partial charge in [-0.15, -0.1) is 0 Å². The van der Waals surface area contributed by atoms with Crippen molar-refractivity contribution >= 4 is 28.4 Å². The minimum absolute atomic E-state index is 0.00843. The Morgan fingerprint density at radius 1 is 0.943 bits per heavy atom. The van der Waals surface area contributed by atoms with E-state index < -0.39 is 0 Å². The maximum absolute atomic E-state index is 13.4. The molecule has 1 amide bonds. The highest BCUT2D eigenvalue weighted by Crippen LogP contribution is 2.29. The molecule has 2 aliphatic heterocycles. The second kappa shape index (κ2) is 10.2. The Balaban J connectivity index is 1.55. The van der Waals surface area contributed by atoms with Crippen LogP contribution in [0.5, 0.6) is 0 Å². The first-order valence-electron chi connectivity index (χ1n) is 12.3. The molecule has 2 aliphatic rings. The van der Waals surface area contributed by atoms with Gasteiger partial charge in [0.05, 0.1) is 49.7 Å². The number of nitrogens with zero attached hydrogens (tertiary/aromatic N) is 4. The highest BCUT2D eigenvalue weighted by atomic mass is 16.5. The number of aryl methyl sites for hydroxylation is 2. The predicted molar refractivity (Wildman–Crippen MR) is 137 cm³/mol. The van der Waals surface area contributed by atoms with Gasteiger partial charge in [0.25, 0.3) is 5.91 Å². The highest BCUT2D eigenvalue weighted by Gasteiger charge is 2.23. The molecular weight excluding hydrogens is 442 g/mol. The number of aromatic nitrogens is 2. The van der Waals surface area contributed by atoms with Crippen molar-refractivity contribution in [2.75, 3.05) is 62.8 Å². The molecule has 1 atom stereocenters. The molecule has 0 aliphatic carbocycles. The van der Waals surface area contributed by atoms with Gasteiger partial charge < -0.3 is 24.6 Å². The van der Waals surface area contributed by atoms with E-state index in [2.05, 4.69) is 49.2 Å². The van der Waals surface area contributed by atoms with Gasteiger partial charge in [-0.3, -0.25) is 9.78 Å². The summed E-state index contributed by atoms with van der Waals surface area (Å²) in [5, 5.41) is 3.63. The maximum atomic E-state index is 13.4. The monoisotopic (exact) mass is 475 g/mol. The van der Waals surface area contributed by atoms with Crippen molar-refractivity contribution < 1.29 is 14.3 Å². The first-order valence-corrected chi connectivity index (χ1v) is 12.3. The zero-order valence-corrected chi connectivity index (χ0v) is 20.7. The van der Waals surface area contributed by atoms with Crippen LogP contribution >= 0.6 is 0 Å². The smallest absolute Gasteiger partial charge is 0.254 e. The second-order valence-electron chi connectivity index (χ2n) is 9.41. The number of nitrogens with one attached hydrogen (secondary N) is 1. The summed E-state index contributed by atoms with van der Waals surface area (Å²) in [6.45, 7) is 11.6. The third-order valence-electron chi connectivity index (χ3n) is 6.62. The molecule has 0 saturated carbocycles. The minimum Gasteiger partial charge on any atom is -0.378 e. The van der Waals surface area contributed by atoms with Gasteiger partial charge in [-0.1, -0.05) is 6.07 Å². The molecule has 5 rings (SSSR count). The van der Waals surface area contributed by atoms with E-state index in [4.69, 9.17) is 19.4 Å². The third-order valence-corrected chi connectivity index (χ3v) is 6.62. The van der Waals surface area contributed by atoms with Gasteiger partial charge in [0.2, 0.25) is 0 Å². The topological polar surface area (TPSA) is 79.8 Å². The highest BCUT2D eigenvalue weighted by molar-refractivity contribution is 5.98. The van der Waals surface area contributed by atoms with E-state index in [9.17, 15) is 4.79 Å². The molecule has 0 radical (unpaired) electrons. The van der Waals surface area contributed by atoms with Crippen molar-refractivity contribution in [3.8, 4) is 0 Å². The number of benzene rings is 2. The van der Waals surface area contributed by atoms with E-state index in [0.29, 0.717) is 45.1 Å². The number of carbonyl (C=O) groups excluding carboxylic acids is 1. The van der Waals surface area contributed by atoms with E-state index in [1.54, 1.807) is 0 Å². The first kappa shape index (κ1) is 23.5. The molecule has 8 nitrogen and oxygen atoms in total. The number of rotatable bonds is 5. The summed E-state index contributed by atoms with van der Waals surface area (Å²) in [6, 6.07) is 10.2. The van der Waals surface area contributed by atoms with Gasteiger partial charge in [-0.25, -0.2) is 4.98 Å². The van der Waals surface area contributed by atoms with Crippen LogP contribution in [0, 0.1) is 13.8 Å². The van der Waals surface area contributed by atoms with E-state index in [1.165, 1.54) is 11.1 Å². The minimum atomic E-state index is -0.0784. The van der Waals surface area contributed by atoms with Crippen LogP contribution in [0.25, 0.3) is 11.0 Å². The lowest BCUT2D eigenvalue weighted by Gasteiger charge is -2.29. The number of anilines is 2. The zero-order chi connectivity index (χ0) is 24.4. The van der Waals surface area contributed by atoms with Crippen molar-refractivity contribution in [3.63, 3.8) is 0 Å². The standard InChI is InChI=1S/C27H33N5O3/c1-18-12-19(2)14-22(13-18)29-20(3)23-15-21(27(33)32-6-10-35-11-7-32)16-24-26(23)30-25(17-28-24)31-4-8-34-9-5-31/h12-17,20,29H,4-11H2,1-3H3. The number of hydrogen-bond donors (Lipinski definition) is 1. The van der Waals surface area contributed by atoms with Gasteiger partial charge in [0, 0.05) is 43.0 Å². The summed E-state index contributed by atoms with van der Waals surface area (Å²) >= 11 is 0. The van der Waals surface area contributed by atoms with Crippen LogP contribution in [0.2, 0.25) is 0 Å². The number of amides is 1. The average Bonchev–Trinajstić information content (AvgIpc) is 2.87. The van der Waals surface area contributed by atoms with E-state index in [1.807, 2.05) is 23.2 Å². The Labute approximate surface area is 206 Å². The molecule has 2 fully saturated rings. The van der Waals surface area contributed by atoms with Crippen LogP contribution in [0.4, 0.5) is 11.5 Å². The fraction of sp³-hybridized carbons (Fsp3) is 0.444. The van der Waals surface area contributed by atoms with Crippen LogP contribution in [0.1, 0.15) is 40.0 Å². The molecule has 0 spiro atoms. The molecule has 3 heterocycles. The molecular formula is C27H33N5O3. The number of carbonyl (C=O) groups is 1. The van der Waals surface area contributed by atoms with E-state index in [-0.39, 0.29) is 11.9 Å². The molecule has 0 bridgehead atoms. The van der Waals surface area contributed by atoms with Crippen molar-refractivity contribution in [2.45, 2.75) is 26.8 Å². The lowest BCUT2D eigenvalue weighted by atomic mass is 10.0. The number of fused-ring (bicyclic) bond motifs is 1.